The summed E-state index contributed by atoms with van der Waals surface area (Å²) in [6.45, 7) is 0.470. The van der Waals surface area contributed by atoms with Gasteiger partial charge in [-0.15, -0.1) is 0 Å². The van der Waals surface area contributed by atoms with E-state index in [0.717, 1.165) is 22.4 Å². The minimum atomic E-state index is -0.419. The van der Waals surface area contributed by atoms with E-state index in [2.05, 4.69) is 15.0 Å². The van der Waals surface area contributed by atoms with Crippen LogP contribution in [0.1, 0.15) is 21.5 Å². The van der Waals surface area contributed by atoms with Gasteiger partial charge in [0.1, 0.15) is 28.9 Å². The third kappa shape index (κ3) is 4.53. The van der Waals surface area contributed by atoms with Gasteiger partial charge >= 0.3 is 0 Å². The van der Waals surface area contributed by atoms with Crippen LogP contribution >= 0.6 is 11.8 Å². The summed E-state index contributed by atoms with van der Waals surface area (Å²) in [5, 5.41) is 11.5. The molecule has 0 fully saturated rings. The molecule has 0 atom stereocenters. The van der Waals surface area contributed by atoms with E-state index in [1.807, 2.05) is 10.6 Å². The molecule has 0 aliphatic rings. The van der Waals surface area contributed by atoms with Crippen LogP contribution in [-0.2, 0) is 12.3 Å². The molecule has 2 aromatic heterocycles. The molecule has 9 nitrogen and oxygen atoms in total. The van der Waals surface area contributed by atoms with Crippen LogP contribution in [0.15, 0.2) is 60.1 Å². The largest absolute Gasteiger partial charge is 0.497 e. The summed E-state index contributed by atoms with van der Waals surface area (Å²) >= 11 is 1.49. The summed E-state index contributed by atoms with van der Waals surface area (Å²) in [7, 11) is 1.56. The molecule has 0 N–H and O–H groups in total. The highest BCUT2D eigenvalue weighted by Crippen LogP contribution is 2.27. The van der Waals surface area contributed by atoms with Gasteiger partial charge in [-0.25, -0.2) is 15.0 Å². The van der Waals surface area contributed by atoms with Crippen LogP contribution in [0.5, 0.6) is 5.75 Å². The zero-order valence-corrected chi connectivity index (χ0v) is 17.3. The number of thioether (sulfide) groups is 1. The molecule has 0 bridgehead atoms. The Kier molecular flexibility index (Phi) is 5.89. The Morgan fingerprint density at radius 3 is 2.65 bits per heavy atom. The Labute approximate surface area is 181 Å². The van der Waals surface area contributed by atoms with E-state index in [-0.39, 0.29) is 5.69 Å². The first-order valence-corrected chi connectivity index (χ1v) is 10.2. The SMILES string of the molecule is COc1cc(C=O)cc(Cn2cnc3c(SCc4ccc([N+](=O)[O-])cc4)ncnc32)c1. The number of nitrogens with zero attached hydrogens (tertiary/aromatic N) is 5. The summed E-state index contributed by atoms with van der Waals surface area (Å²) in [6.07, 6.45) is 3.96. The summed E-state index contributed by atoms with van der Waals surface area (Å²) < 4.78 is 7.15. The quantitative estimate of drug-likeness (QED) is 0.135. The summed E-state index contributed by atoms with van der Waals surface area (Å²) in [5.41, 5.74) is 3.78. The van der Waals surface area contributed by atoms with E-state index in [0.29, 0.717) is 34.8 Å². The molecule has 4 aromatic rings. The lowest BCUT2D eigenvalue weighted by molar-refractivity contribution is -0.384. The van der Waals surface area contributed by atoms with E-state index >= 15 is 0 Å². The Morgan fingerprint density at radius 2 is 1.94 bits per heavy atom. The number of carbonyl (C=O) groups excluding carboxylic acids is 1. The fourth-order valence-corrected chi connectivity index (χ4v) is 4.00. The molecule has 0 aliphatic carbocycles. The fourth-order valence-electron chi connectivity index (χ4n) is 3.11. The van der Waals surface area contributed by atoms with Crippen molar-refractivity contribution in [2.75, 3.05) is 7.11 Å². The van der Waals surface area contributed by atoms with Gasteiger partial charge < -0.3 is 9.30 Å². The highest BCUT2D eigenvalue weighted by atomic mass is 32.2. The molecule has 0 radical (unpaired) electrons. The number of benzene rings is 2. The zero-order valence-electron chi connectivity index (χ0n) is 16.5. The first kappa shape index (κ1) is 20.5. The van der Waals surface area contributed by atoms with Gasteiger partial charge in [-0.3, -0.25) is 14.9 Å². The normalized spacial score (nSPS) is 10.9. The maximum atomic E-state index is 11.2. The van der Waals surface area contributed by atoms with Crippen molar-refractivity contribution in [3.8, 4) is 5.75 Å². The molecule has 0 saturated heterocycles. The molecule has 2 heterocycles. The monoisotopic (exact) mass is 435 g/mol. The number of fused-ring (bicyclic) bond motifs is 1. The molecule has 31 heavy (non-hydrogen) atoms. The number of nitro benzene ring substituents is 1. The lowest BCUT2D eigenvalue weighted by Gasteiger charge is -2.08. The van der Waals surface area contributed by atoms with Gasteiger partial charge in [-0.05, 0) is 29.3 Å². The molecular weight excluding hydrogens is 418 g/mol. The first-order chi connectivity index (χ1) is 15.1. The smallest absolute Gasteiger partial charge is 0.269 e. The molecule has 0 spiro atoms. The highest BCUT2D eigenvalue weighted by Gasteiger charge is 2.12. The maximum absolute atomic E-state index is 11.2. The summed E-state index contributed by atoms with van der Waals surface area (Å²) in [4.78, 5) is 34.8. The molecule has 156 valence electrons. The molecule has 0 saturated carbocycles. The molecule has 2 aromatic carbocycles. The number of aromatic nitrogens is 4. The van der Waals surface area contributed by atoms with Crippen molar-refractivity contribution in [1.29, 1.82) is 0 Å². The predicted octanol–water partition coefficient (Wildman–Crippen LogP) is 3.90. The van der Waals surface area contributed by atoms with Crippen LogP contribution in [-0.4, -0.2) is 37.8 Å². The molecule has 10 heteroatoms. The topological polar surface area (TPSA) is 113 Å². The predicted molar refractivity (Wildman–Crippen MR) is 115 cm³/mol. The number of ether oxygens (including phenoxy) is 1. The number of hydrogen-bond acceptors (Lipinski definition) is 8. The average Bonchev–Trinajstić information content (AvgIpc) is 3.21. The van der Waals surface area contributed by atoms with Crippen LogP contribution < -0.4 is 4.74 Å². The highest BCUT2D eigenvalue weighted by molar-refractivity contribution is 7.98. The van der Waals surface area contributed by atoms with E-state index in [1.54, 1.807) is 37.7 Å². The standard InChI is InChI=1S/C21H17N5O4S/c1-30-18-7-15(6-16(8-18)10-27)9-25-13-24-19-20(25)22-12-23-21(19)31-11-14-2-4-17(5-3-14)26(28)29/h2-8,10,12-13H,9,11H2,1H3. The van der Waals surface area contributed by atoms with E-state index in [4.69, 9.17) is 4.74 Å². The van der Waals surface area contributed by atoms with E-state index in [1.165, 1.54) is 30.2 Å². The second-order valence-electron chi connectivity index (χ2n) is 6.67. The van der Waals surface area contributed by atoms with Crippen molar-refractivity contribution < 1.29 is 14.5 Å². The van der Waals surface area contributed by atoms with Crippen molar-refractivity contribution in [2.24, 2.45) is 0 Å². The number of methoxy groups -OCH3 is 1. The average molecular weight is 435 g/mol. The van der Waals surface area contributed by atoms with Gasteiger partial charge in [0.25, 0.3) is 5.69 Å². The molecule has 0 amide bonds. The molecule has 0 aliphatic heterocycles. The number of carbonyl (C=O) groups is 1. The second-order valence-corrected chi connectivity index (χ2v) is 7.63. The lowest BCUT2D eigenvalue weighted by atomic mass is 10.1. The van der Waals surface area contributed by atoms with Crippen LogP contribution in [0.3, 0.4) is 0 Å². The Hall–Kier alpha value is -3.79. The number of aldehydes is 1. The minimum Gasteiger partial charge on any atom is -0.497 e. The maximum Gasteiger partial charge on any atom is 0.269 e. The van der Waals surface area contributed by atoms with Crippen molar-refractivity contribution in [1.82, 2.24) is 19.5 Å². The van der Waals surface area contributed by atoms with Gasteiger partial charge in [-0.2, -0.15) is 0 Å². The Bertz CT molecular complexity index is 1260. The van der Waals surface area contributed by atoms with Crippen molar-refractivity contribution >= 4 is 34.9 Å². The number of non-ortho nitro benzene ring substituents is 1. The Balaban J connectivity index is 1.55. The third-order valence-electron chi connectivity index (χ3n) is 4.60. The first-order valence-electron chi connectivity index (χ1n) is 9.22. The molecule has 0 unspecified atom stereocenters. The number of nitro groups is 1. The number of hydrogen-bond donors (Lipinski definition) is 0. The number of rotatable bonds is 8. The van der Waals surface area contributed by atoms with Crippen LogP contribution in [0.2, 0.25) is 0 Å². The summed E-state index contributed by atoms with van der Waals surface area (Å²) in [5.74, 6) is 1.20. The minimum absolute atomic E-state index is 0.0622. The summed E-state index contributed by atoms with van der Waals surface area (Å²) in [6, 6.07) is 11.8. The van der Waals surface area contributed by atoms with Gasteiger partial charge in [-0.1, -0.05) is 23.9 Å². The van der Waals surface area contributed by atoms with Crippen molar-refractivity contribution in [3.63, 3.8) is 0 Å². The lowest BCUT2D eigenvalue weighted by Crippen LogP contribution is -2.01. The molecule has 4 rings (SSSR count). The third-order valence-corrected chi connectivity index (χ3v) is 5.65. The van der Waals surface area contributed by atoms with Crippen LogP contribution in [0.25, 0.3) is 11.2 Å². The van der Waals surface area contributed by atoms with E-state index < -0.39 is 4.92 Å². The van der Waals surface area contributed by atoms with Crippen LogP contribution in [0.4, 0.5) is 5.69 Å². The van der Waals surface area contributed by atoms with Gasteiger partial charge in [0, 0.05) is 23.4 Å². The van der Waals surface area contributed by atoms with Crippen LogP contribution in [0, 0.1) is 10.1 Å². The second kappa shape index (κ2) is 8.92. The van der Waals surface area contributed by atoms with E-state index in [9.17, 15) is 14.9 Å². The van der Waals surface area contributed by atoms with Gasteiger partial charge in [0.15, 0.2) is 5.65 Å². The Morgan fingerprint density at radius 1 is 1.13 bits per heavy atom. The molecular formula is C21H17N5O4S. The zero-order chi connectivity index (χ0) is 21.8. The number of imidazole rings is 1. The van der Waals surface area contributed by atoms with Crippen molar-refractivity contribution in [2.45, 2.75) is 17.3 Å². The van der Waals surface area contributed by atoms with Gasteiger partial charge in [0.2, 0.25) is 0 Å². The fraction of sp³-hybridized carbons (Fsp3) is 0.143. The van der Waals surface area contributed by atoms with Gasteiger partial charge in [0.05, 0.1) is 24.9 Å². The van der Waals surface area contributed by atoms with Crippen molar-refractivity contribution in [3.05, 3.63) is 81.9 Å².